The van der Waals surface area contributed by atoms with E-state index < -0.39 is 0 Å². The van der Waals surface area contributed by atoms with Gasteiger partial charge in [-0.3, -0.25) is 9.59 Å². The van der Waals surface area contributed by atoms with Crippen LogP contribution in [0.2, 0.25) is 0 Å². The highest BCUT2D eigenvalue weighted by Gasteiger charge is 2.18. The monoisotopic (exact) mass is 191 g/mol. The van der Waals surface area contributed by atoms with Gasteiger partial charge in [0.1, 0.15) is 0 Å². The number of hydrogen-bond acceptors (Lipinski definition) is 2. The van der Waals surface area contributed by atoms with Gasteiger partial charge in [-0.25, -0.2) is 0 Å². The first kappa shape index (κ1) is 9.19. The minimum absolute atomic E-state index is 0.0527. The molecule has 1 aliphatic carbocycles. The van der Waals surface area contributed by atoms with Gasteiger partial charge in [-0.2, -0.15) is 0 Å². The average molecular weight is 191 g/mol. The topological polar surface area (TPSA) is 49.9 Å². The van der Waals surface area contributed by atoms with Gasteiger partial charge in [0.2, 0.25) is 0 Å². The van der Waals surface area contributed by atoms with Crippen molar-refractivity contribution in [2.75, 3.05) is 0 Å². The Balaban J connectivity index is 2.56. The molecule has 0 saturated carbocycles. The number of carbonyl (C=O) groups is 1. The summed E-state index contributed by atoms with van der Waals surface area (Å²) in [6, 6.07) is 0. The van der Waals surface area contributed by atoms with Crippen molar-refractivity contribution in [3.63, 3.8) is 0 Å². The molecule has 0 saturated heterocycles. The van der Waals surface area contributed by atoms with Crippen molar-refractivity contribution in [1.82, 2.24) is 4.98 Å². The lowest BCUT2D eigenvalue weighted by Gasteiger charge is -2.01. The second-order valence-electron chi connectivity index (χ2n) is 3.62. The van der Waals surface area contributed by atoms with Gasteiger partial charge < -0.3 is 4.98 Å². The molecule has 3 nitrogen and oxygen atoms in total. The van der Waals surface area contributed by atoms with Crippen molar-refractivity contribution in [2.45, 2.75) is 32.6 Å². The minimum atomic E-state index is -0.0686. The highest BCUT2D eigenvalue weighted by Crippen LogP contribution is 2.16. The Morgan fingerprint density at radius 3 is 3.00 bits per heavy atom. The van der Waals surface area contributed by atoms with Crippen LogP contribution in [0.4, 0.5) is 0 Å². The Hall–Kier alpha value is -1.38. The maximum absolute atomic E-state index is 11.8. The number of aromatic amines is 1. The van der Waals surface area contributed by atoms with Crippen LogP contribution in [0, 0.1) is 0 Å². The van der Waals surface area contributed by atoms with Crippen LogP contribution in [0.25, 0.3) is 0 Å². The lowest BCUT2D eigenvalue weighted by atomic mass is 10.1. The summed E-state index contributed by atoms with van der Waals surface area (Å²) in [7, 11) is 0. The molecular formula is C11H13NO2. The number of Topliss-reactive ketones (excluding diaryl/α,β-unsaturated/α-hetero) is 1. The Labute approximate surface area is 82.2 Å². The van der Waals surface area contributed by atoms with Crippen LogP contribution < -0.4 is 5.43 Å². The van der Waals surface area contributed by atoms with E-state index in [1.54, 1.807) is 13.1 Å². The molecule has 0 bridgehead atoms. The van der Waals surface area contributed by atoms with Gasteiger partial charge in [-0.1, -0.05) is 6.92 Å². The fourth-order valence-corrected chi connectivity index (χ4v) is 1.94. The summed E-state index contributed by atoms with van der Waals surface area (Å²) in [5, 5.41) is 0. The molecule has 74 valence electrons. The summed E-state index contributed by atoms with van der Waals surface area (Å²) in [5.41, 5.74) is 2.11. The third-order valence-electron chi connectivity index (χ3n) is 2.75. The number of carbonyl (C=O) groups excluding carboxylic acids is 1. The van der Waals surface area contributed by atoms with Gasteiger partial charge in [0, 0.05) is 23.9 Å². The van der Waals surface area contributed by atoms with Gasteiger partial charge in [-0.15, -0.1) is 0 Å². The minimum Gasteiger partial charge on any atom is -0.364 e. The third kappa shape index (κ3) is 1.29. The van der Waals surface area contributed by atoms with Crippen LogP contribution in [0.15, 0.2) is 11.0 Å². The number of rotatable bonds is 2. The molecule has 1 aromatic rings. The van der Waals surface area contributed by atoms with Gasteiger partial charge in [-0.05, 0) is 19.3 Å². The lowest BCUT2D eigenvalue weighted by molar-refractivity contribution is 0.0986. The van der Waals surface area contributed by atoms with Crippen molar-refractivity contribution < 1.29 is 4.79 Å². The molecular weight excluding hydrogens is 178 g/mol. The summed E-state index contributed by atoms with van der Waals surface area (Å²) < 4.78 is 0. The van der Waals surface area contributed by atoms with Crippen LogP contribution >= 0.6 is 0 Å². The number of pyridine rings is 1. The molecule has 14 heavy (non-hydrogen) atoms. The second kappa shape index (κ2) is 3.40. The quantitative estimate of drug-likeness (QED) is 0.719. The molecule has 0 fully saturated rings. The van der Waals surface area contributed by atoms with E-state index in [4.69, 9.17) is 0 Å². The summed E-state index contributed by atoms with van der Waals surface area (Å²) in [6.45, 7) is 1.77. The number of H-pyrrole nitrogens is 1. The van der Waals surface area contributed by atoms with Crippen molar-refractivity contribution >= 4 is 5.78 Å². The van der Waals surface area contributed by atoms with E-state index in [1.165, 1.54) is 0 Å². The van der Waals surface area contributed by atoms with E-state index in [0.717, 1.165) is 30.5 Å². The highest BCUT2D eigenvalue weighted by molar-refractivity contribution is 5.95. The van der Waals surface area contributed by atoms with E-state index in [9.17, 15) is 9.59 Å². The third-order valence-corrected chi connectivity index (χ3v) is 2.75. The molecule has 0 atom stereocenters. The number of nitrogens with one attached hydrogen (secondary N) is 1. The van der Waals surface area contributed by atoms with Crippen LogP contribution in [0.3, 0.4) is 0 Å². The number of fused-ring (bicyclic) bond motifs is 1. The zero-order valence-electron chi connectivity index (χ0n) is 8.22. The average Bonchev–Trinajstić information content (AvgIpc) is 2.66. The fourth-order valence-electron chi connectivity index (χ4n) is 1.94. The first-order chi connectivity index (χ1) is 6.74. The van der Waals surface area contributed by atoms with Crippen LogP contribution in [0.5, 0.6) is 0 Å². The molecule has 0 spiro atoms. The number of ketones is 1. The largest absolute Gasteiger partial charge is 0.364 e. The SMILES string of the molecule is CCC(=O)c1c[nH]c2c(c1=O)CCC2. The van der Waals surface area contributed by atoms with E-state index >= 15 is 0 Å². The summed E-state index contributed by atoms with van der Waals surface area (Å²) in [6.07, 6.45) is 4.73. The Bertz CT molecular complexity index is 431. The molecule has 0 unspecified atom stereocenters. The molecule has 0 radical (unpaired) electrons. The number of hydrogen-bond donors (Lipinski definition) is 1. The zero-order chi connectivity index (χ0) is 10.1. The van der Waals surface area contributed by atoms with Crippen LogP contribution in [-0.4, -0.2) is 10.8 Å². The normalized spacial score (nSPS) is 14.1. The van der Waals surface area contributed by atoms with Crippen LogP contribution in [0.1, 0.15) is 41.4 Å². The van der Waals surface area contributed by atoms with Crippen LogP contribution in [-0.2, 0) is 12.8 Å². The molecule has 1 N–H and O–H groups in total. The zero-order valence-corrected chi connectivity index (χ0v) is 8.22. The lowest BCUT2D eigenvalue weighted by Crippen LogP contribution is -2.19. The molecule has 1 aromatic heterocycles. The van der Waals surface area contributed by atoms with Crippen molar-refractivity contribution in [3.05, 3.63) is 33.2 Å². The molecule has 2 rings (SSSR count). The second-order valence-corrected chi connectivity index (χ2v) is 3.62. The molecule has 0 aromatic carbocycles. The summed E-state index contributed by atoms with van der Waals surface area (Å²) >= 11 is 0. The van der Waals surface area contributed by atoms with Crippen molar-refractivity contribution in [2.24, 2.45) is 0 Å². The number of aryl methyl sites for hydroxylation is 1. The maximum Gasteiger partial charge on any atom is 0.195 e. The van der Waals surface area contributed by atoms with Gasteiger partial charge >= 0.3 is 0 Å². The standard InChI is InChI=1S/C11H13NO2/c1-2-10(13)8-6-12-9-5-3-4-7(9)11(8)14/h6H,2-5H2,1H3,(H,12,14). The molecule has 3 heteroatoms. The van der Waals surface area contributed by atoms with Gasteiger partial charge in [0.25, 0.3) is 0 Å². The Morgan fingerprint density at radius 2 is 2.29 bits per heavy atom. The predicted molar refractivity (Wildman–Crippen MR) is 53.7 cm³/mol. The first-order valence-corrected chi connectivity index (χ1v) is 5.00. The molecule has 1 aliphatic rings. The maximum atomic E-state index is 11.8. The van der Waals surface area contributed by atoms with Gasteiger partial charge in [0.05, 0.1) is 5.56 Å². The van der Waals surface area contributed by atoms with Crippen molar-refractivity contribution in [1.29, 1.82) is 0 Å². The van der Waals surface area contributed by atoms with Gasteiger partial charge in [0.15, 0.2) is 11.2 Å². The van der Waals surface area contributed by atoms with E-state index in [0.29, 0.717) is 12.0 Å². The fraction of sp³-hybridized carbons (Fsp3) is 0.455. The first-order valence-electron chi connectivity index (χ1n) is 5.00. The predicted octanol–water partition coefficient (Wildman–Crippen LogP) is 1.46. The van der Waals surface area contributed by atoms with E-state index in [1.807, 2.05) is 0 Å². The Morgan fingerprint density at radius 1 is 1.50 bits per heavy atom. The van der Waals surface area contributed by atoms with Crippen molar-refractivity contribution in [3.8, 4) is 0 Å². The van der Waals surface area contributed by atoms with E-state index in [-0.39, 0.29) is 11.2 Å². The molecule has 0 aliphatic heterocycles. The number of aromatic nitrogens is 1. The molecule has 1 heterocycles. The smallest absolute Gasteiger partial charge is 0.195 e. The summed E-state index contributed by atoms with van der Waals surface area (Å²) in [5.74, 6) is -0.0686. The Kier molecular flexibility index (Phi) is 2.23. The molecule has 0 amide bonds. The summed E-state index contributed by atoms with van der Waals surface area (Å²) in [4.78, 5) is 26.3. The van der Waals surface area contributed by atoms with E-state index in [2.05, 4.69) is 4.98 Å². The highest BCUT2D eigenvalue weighted by atomic mass is 16.1.